The number of ketones is 1. The molecule has 0 aromatic heterocycles. The molecule has 0 radical (unpaired) electrons. The summed E-state index contributed by atoms with van der Waals surface area (Å²) in [6.45, 7) is 5.33. The zero-order chi connectivity index (χ0) is 17.7. The number of rotatable bonds is 6. The predicted molar refractivity (Wildman–Crippen MR) is 93.0 cm³/mol. The summed E-state index contributed by atoms with van der Waals surface area (Å²) in [7, 11) is 1.49. The van der Waals surface area contributed by atoms with E-state index in [0.29, 0.717) is 17.1 Å². The van der Waals surface area contributed by atoms with Gasteiger partial charge in [0.2, 0.25) is 0 Å². The van der Waals surface area contributed by atoms with E-state index in [-0.39, 0.29) is 18.3 Å². The third kappa shape index (κ3) is 4.35. The number of carbonyl (C=O) groups is 2. The van der Waals surface area contributed by atoms with Crippen molar-refractivity contribution in [2.45, 2.75) is 20.8 Å². The van der Waals surface area contributed by atoms with E-state index in [1.165, 1.54) is 19.6 Å². The number of carbonyl (C=O) groups excluding carboxylic acids is 2. The highest BCUT2D eigenvalue weighted by Gasteiger charge is 2.11. The van der Waals surface area contributed by atoms with E-state index in [1.54, 1.807) is 18.2 Å². The largest absolute Gasteiger partial charge is 0.493 e. The van der Waals surface area contributed by atoms with Crippen LogP contribution in [0.15, 0.2) is 36.4 Å². The molecule has 0 bridgehead atoms. The van der Waals surface area contributed by atoms with Gasteiger partial charge in [-0.15, -0.1) is 0 Å². The number of hydrogen-bond donors (Lipinski definition) is 1. The SMILES string of the molecule is COc1cc(C(C)=O)ccc1OCC(=O)Nc1ccc(C)c(C)c1. The first-order valence-corrected chi connectivity index (χ1v) is 7.59. The second-order valence-electron chi connectivity index (χ2n) is 5.56. The average Bonchev–Trinajstić information content (AvgIpc) is 2.56. The minimum atomic E-state index is -0.268. The summed E-state index contributed by atoms with van der Waals surface area (Å²) in [5, 5.41) is 2.79. The van der Waals surface area contributed by atoms with Gasteiger partial charge in [0, 0.05) is 11.3 Å². The highest BCUT2D eigenvalue weighted by atomic mass is 16.5. The van der Waals surface area contributed by atoms with Crippen LogP contribution in [0.1, 0.15) is 28.4 Å². The summed E-state index contributed by atoms with van der Waals surface area (Å²) in [4.78, 5) is 23.4. The standard InChI is InChI=1S/C19H21NO4/c1-12-5-7-16(9-13(12)2)20-19(22)11-24-17-8-6-15(14(3)21)10-18(17)23-4/h5-10H,11H2,1-4H3,(H,20,22). The smallest absolute Gasteiger partial charge is 0.262 e. The van der Waals surface area contributed by atoms with Gasteiger partial charge in [-0.2, -0.15) is 0 Å². The van der Waals surface area contributed by atoms with Crippen LogP contribution in [0.4, 0.5) is 5.69 Å². The van der Waals surface area contributed by atoms with Gasteiger partial charge in [0.25, 0.3) is 5.91 Å². The van der Waals surface area contributed by atoms with E-state index in [2.05, 4.69) is 5.32 Å². The third-order valence-corrected chi connectivity index (χ3v) is 3.72. The van der Waals surface area contributed by atoms with E-state index in [1.807, 2.05) is 32.0 Å². The number of nitrogens with one attached hydrogen (secondary N) is 1. The van der Waals surface area contributed by atoms with Crippen LogP contribution in [-0.2, 0) is 4.79 Å². The number of aryl methyl sites for hydroxylation is 2. The molecule has 5 heteroatoms. The molecule has 1 amide bonds. The molecule has 24 heavy (non-hydrogen) atoms. The molecule has 0 saturated carbocycles. The zero-order valence-electron chi connectivity index (χ0n) is 14.3. The molecule has 0 fully saturated rings. The molecule has 126 valence electrons. The van der Waals surface area contributed by atoms with Crippen molar-refractivity contribution in [1.29, 1.82) is 0 Å². The van der Waals surface area contributed by atoms with Gasteiger partial charge in [-0.05, 0) is 62.2 Å². The normalized spacial score (nSPS) is 10.2. The maximum atomic E-state index is 12.0. The molecule has 5 nitrogen and oxygen atoms in total. The van der Waals surface area contributed by atoms with Crippen LogP contribution in [-0.4, -0.2) is 25.4 Å². The van der Waals surface area contributed by atoms with Crippen molar-refractivity contribution < 1.29 is 19.1 Å². The summed E-state index contributed by atoms with van der Waals surface area (Å²) in [5.74, 6) is 0.503. The highest BCUT2D eigenvalue weighted by Crippen LogP contribution is 2.28. The molecule has 0 spiro atoms. The van der Waals surface area contributed by atoms with Crippen molar-refractivity contribution >= 4 is 17.4 Å². The molecule has 0 aliphatic carbocycles. The Balaban J connectivity index is 2.00. The van der Waals surface area contributed by atoms with Gasteiger partial charge in [-0.1, -0.05) is 6.07 Å². The number of ether oxygens (including phenoxy) is 2. The molecule has 0 saturated heterocycles. The van der Waals surface area contributed by atoms with Crippen LogP contribution < -0.4 is 14.8 Å². The highest BCUT2D eigenvalue weighted by molar-refractivity contribution is 5.95. The monoisotopic (exact) mass is 327 g/mol. The first-order valence-electron chi connectivity index (χ1n) is 7.59. The zero-order valence-corrected chi connectivity index (χ0v) is 14.3. The second-order valence-corrected chi connectivity index (χ2v) is 5.56. The first-order chi connectivity index (χ1) is 11.4. The van der Waals surface area contributed by atoms with Crippen LogP contribution in [0.2, 0.25) is 0 Å². The van der Waals surface area contributed by atoms with Crippen LogP contribution in [0.5, 0.6) is 11.5 Å². The van der Waals surface area contributed by atoms with Crippen LogP contribution in [0.3, 0.4) is 0 Å². The molecule has 1 N–H and O–H groups in total. The quantitative estimate of drug-likeness (QED) is 0.824. The van der Waals surface area contributed by atoms with E-state index in [4.69, 9.17) is 9.47 Å². The molecule has 0 heterocycles. The van der Waals surface area contributed by atoms with Gasteiger partial charge in [-0.25, -0.2) is 0 Å². The minimum absolute atomic E-state index is 0.0627. The fourth-order valence-electron chi connectivity index (χ4n) is 2.17. The number of anilines is 1. The van der Waals surface area contributed by atoms with E-state index in [0.717, 1.165) is 11.3 Å². The van der Waals surface area contributed by atoms with Gasteiger partial charge in [0.15, 0.2) is 23.9 Å². The molecule has 0 unspecified atom stereocenters. The Labute approximate surface area is 141 Å². The third-order valence-electron chi connectivity index (χ3n) is 3.72. The fourth-order valence-corrected chi connectivity index (χ4v) is 2.17. The van der Waals surface area contributed by atoms with Crippen molar-refractivity contribution in [2.75, 3.05) is 19.0 Å². The van der Waals surface area contributed by atoms with Crippen molar-refractivity contribution in [3.63, 3.8) is 0 Å². The van der Waals surface area contributed by atoms with Gasteiger partial charge in [0.1, 0.15) is 0 Å². The molecule has 0 aliphatic rings. The summed E-state index contributed by atoms with van der Waals surface area (Å²) in [6.07, 6.45) is 0. The van der Waals surface area contributed by atoms with Crippen LogP contribution in [0, 0.1) is 13.8 Å². The van der Waals surface area contributed by atoms with Crippen molar-refractivity contribution in [3.05, 3.63) is 53.1 Å². The van der Waals surface area contributed by atoms with Crippen LogP contribution >= 0.6 is 0 Å². The lowest BCUT2D eigenvalue weighted by Crippen LogP contribution is -2.20. The van der Waals surface area contributed by atoms with Crippen molar-refractivity contribution in [2.24, 2.45) is 0 Å². The van der Waals surface area contributed by atoms with Gasteiger partial charge in [-0.3, -0.25) is 9.59 Å². The molecule has 0 aliphatic heterocycles. The molecular formula is C19H21NO4. The van der Waals surface area contributed by atoms with E-state index < -0.39 is 0 Å². The Morgan fingerprint density at radius 3 is 2.38 bits per heavy atom. The minimum Gasteiger partial charge on any atom is -0.493 e. The topological polar surface area (TPSA) is 64.6 Å². The number of benzene rings is 2. The molecular weight excluding hydrogens is 306 g/mol. The number of amides is 1. The predicted octanol–water partition coefficient (Wildman–Crippen LogP) is 3.53. The van der Waals surface area contributed by atoms with Crippen molar-refractivity contribution in [1.82, 2.24) is 0 Å². The van der Waals surface area contributed by atoms with Crippen molar-refractivity contribution in [3.8, 4) is 11.5 Å². The molecule has 2 aromatic rings. The average molecular weight is 327 g/mol. The molecule has 0 atom stereocenters. The molecule has 2 rings (SSSR count). The summed E-state index contributed by atoms with van der Waals surface area (Å²) in [5.41, 5.74) is 3.53. The lowest BCUT2D eigenvalue weighted by Gasteiger charge is -2.12. The Morgan fingerprint density at radius 1 is 1.00 bits per heavy atom. The first kappa shape index (κ1) is 17.5. The van der Waals surface area contributed by atoms with E-state index in [9.17, 15) is 9.59 Å². The second kappa shape index (κ2) is 7.64. The van der Waals surface area contributed by atoms with Gasteiger partial charge < -0.3 is 14.8 Å². The summed E-state index contributed by atoms with van der Waals surface area (Å²) in [6, 6.07) is 10.6. The summed E-state index contributed by atoms with van der Waals surface area (Å²) < 4.78 is 10.7. The Morgan fingerprint density at radius 2 is 1.75 bits per heavy atom. The van der Waals surface area contributed by atoms with Gasteiger partial charge in [0.05, 0.1) is 7.11 Å². The van der Waals surface area contributed by atoms with E-state index >= 15 is 0 Å². The lowest BCUT2D eigenvalue weighted by atomic mass is 10.1. The Hall–Kier alpha value is -2.82. The van der Waals surface area contributed by atoms with Crippen LogP contribution in [0.25, 0.3) is 0 Å². The Bertz CT molecular complexity index is 768. The number of Topliss-reactive ketones (excluding diaryl/α,β-unsaturated/α-hetero) is 1. The maximum Gasteiger partial charge on any atom is 0.262 e. The lowest BCUT2D eigenvalue weighted by molar-refractivity contribution is -0.118. The van der Waals surface area contributed by atoms with Gasteiger partial charge >= 0.3 is 0 Å². The summed E-state index contributed by atoms with van der Waals surface area (Å²) >= 11 is 0. The number of hydrogen-bond acceptors (Lipinski definition) is 4. The number of methoxy groups -OCH3 is 1. The maximum absolute atomic E-state index is 12.0. The molecule has 2 aromatic carbocycles. The fraction of sp³-hybridized carbons (Fsp3) is 0.263. The Kier molecular flexibility index (Phi) is 5.58.